The van der Waals surface area contributed by atoms with Gasteiger partial charge in [-0.2, -0.15) is 0 Å². The zero-order valence-corrected chi connectivity index (χ0v) is 18.5. The Balaban J connectivity index is 1.67. The number of allylic oxidation sites excluding steroid dienone is 1. The number of rotatable bonds is 5. The first-order valence-electron chi connectivity index (χ1n) is 10.6. The van der Waals surface area contributed by atoms with Crippen molar-refractivity contribution in [2.45, 2.75) is 34.1 Å². The summed E-state index contributed by atoms with van der Waals surface area (Å²) in [5, 5.41) is 4.46. The maximum atomic E-state index is 12.5. The van der Waals surface area contributed by atoms with Crippen molar-refractivity contribution in [1.29, 1.82) is 0 Å². The minimum atomic E-state index is -0.277. The van der Waals surface area contributed by atoms with Crippen LogP contribution < -0.4 is 10.9 Å². The molecule has 156 valence electrons. The van der Waals surface area contributed by atoms with Gasteiger partial charge in [0.2, 0.25) is 0 Å². The molecule has 0 fully saturated rings. The van der Waals surface area contributed by atoms with Gasteiger partial charge in [0.15, 0.2) is 0 Å². The molecule has 0 unspecified atom stereocenters. The summed E-state index contributed by atoms with van der Waals surface area (Å²) >= 11 is 0. The second-order valence-electron chi connectivity index (χ2n) is 8.12. The quantitative estimate of drug-likeness (QED) is 0.369. The molecule has 0 aliphatic carbocycles. The van der Waals surface area contributed by atoms with Crippen LogP contribution in [0.5, 0.6) is 0 Å². The second-order valence-corrected chi connectivity index (χ2v) is 8.12. The Hall–Kier alpha value is -3.59. The molecule has 1 aromatic heterocycles. The van der Waals surface area contributed by atoms with Gasteiger partial charge in [-0.25, -0.2) is 4.79 Å². The topological polar surface area (TPSA) is 42.2 Å². The van der Waals surface area contributed by atoms with Crippen LogP contribution in [-0.4, -0.2) is 0 Å². The minimum Gasteiger partial charge on any atom is -0.423 e. The van der Waals surface area contributed by atoms with Gasteiger partial charge in [0.1, 0.15) is 5.58 Å². The van der Waals surface area contributed by atoms with Crippen LogP contribution in [0, 0.1) is 20.8 Å². The number of benzene rings is 3. The number of nitrogens with one attached hydrogen (secondary N) is 1. The third-order valence-corrected chi connectivity index (χ3v) is 5.57. The number of hydrogen-bond acceptors (Lipinski definition) is 3. The smallest absolute Gasteiger partial charge is 0.339 e. The molecule has 0 spiro atoms. The van der Waals surface area contributed by atoms with Crippen LogP contribution in [0.15, 0.2) is 82.0 Å². The maximum absolute atomic E-state index is 12.5. The van der Waals surface area contributed by atoms with Gasteiger partial charge in [0, 0.05) is 28.8 Å². The van der Waals surface area contributed by atoms with Crippen molar-refractivity contribution in [1.82, 2.24) is 0 Å². The molecule has 0 bridgehead atoms. The van der Waals surface area contributed by atoms with E-state index >= 15 is 0 Å². The molecule has 0 saturated carbocycles. The Morgan fingerprint density at radius 3 is 2.35 bits per heavy atom. The SMILES string of the molecule is C/C=C(\Nc1ccc(C)cc1C)c1ccc2oc(=O)c(Cc3ccc(C)cc3)cc2c1. The van der Waals surface area contributed by atoms with Gasteiger partial charge in [0.25, 0.3) is 0 Å². The average Bonchev–Trinajstić information content (AvgIpc) is 2.75. The van der Waals surface area contributed by atoms with Gasteiger partial charge in [0.05, 0.1) is 0 Å². The lowest BCUT2D eigenvalue weighted by molar-refractivity contribution is 0.552. The summed E-state index contributed by atoms with van der Waals surface area (Å²) in [4.78, 5) is 12.5. The summed E-state index contributed by atoms with van der Waals surface area (Å²) in [6, 6.07) is 22.5. The summed E-state index contributed by atoms with van der Waals surface area (Å²) in [7, 11) is 0. The van der Waals surface area contributed by atoms with E-state index in [9.17, 15) is 4.79 Å². The van der Waals surface area contributed by atoms with E-state index in [1.165, 1.54) is 16.7 Å². The predicted octanol–water partition coefficient (Wildman–Crippen LogP) is 6.78. The highest BCUT2D eigenvalue weighted by Gasteiger charge is 2.10. The lowest BCUT2D eigenvalue weighted by Crippen LogP contribution is -2.08. The molecular formula is C28H27NO2. The van der Waals surface area contributed by atoms with Crippen molar-refractivity contribution < 1.29 is 4.42 Å². The third-order valence-electron chi connectivity index (χ3n) is 5.57. The first-order valence-corrected chi connectivity index (χ1v) is 10.6. The largest absolute Gasteiger partial charge is 0.423 e. The number of hydrogen-bond donors (Lipinski definition) is 1. The van der Waals surface area contributed by atoms with Gasteiger partial charge in [-0.15, -0.1) is 0 Å². The van der Waals surface area contributed by atoms with E-state index in [2.05, 4.69) is 80.7 Å². The molecule has 4 rings (SSSR count). The van der Waals surface area contributed by atoms with E-state index in [1.807, 2.05) is 25.1 Å². The van der Waals surface area contributed by atoms with Gasteiger partial charge in [-0.3, -0.25) is 0 Å². The Labute approximate surface area is 183 Å². The molecule has 0 atom stereocenters. The second kappa shape index (κ2) is 8.65. The fourth-order valence-electron chi connectivity index (χ4n) is 3.79. The van der Waals surface area contributed by atoms with Crippen LogP contribution >= 0.6 is 0 Å². The van der Waals surface area contributed by atoms with E-state index in [0.29, 0.717) is 17.6 Å². The van der Waals surface area contributed by atoms with Crippen LogP contribution in [0.3, 0.4) is 0 Å². The molecular weight excluding hydrogens is 382 g/mol. The molecule has 31 heavy (non-hydrogen) atoms. The lowest BCUT2D eigenvalue weighted by atomic mass is 10.0. The van der Waals surface area contributed by atoms with E-state index in [0.717, 1.165) is 27.9 Å². The number of aryl methyl sites for hydroxylation is 3. The van der Waals surface area contributed by atoms with Crippen LogP contribution in [0.4, 0.5) is 5.69 Å². The zero-order valence-electron chi connectivity index (χ0n) is 18.5. The maximum Gasteiger partial charge on any atom is 0.339 e. The van der Waals surface area contributed by atoms with Gasteiger partial charge in [-0.1, -0.05) is 53.6 Å². The Morgan fingerprint density at radius 1 is 0.903 bits per heavy atom. The summed E-state index contributed by atoms with van der Waals surface area (Å²) in [5.74, 6) is 0. The molecule has 0 radical (unpaired) electrons. The van der Waals surface area contributed by atoms with E-state index in [1.54, 1.807) is 0 Å². The first kappa shape index (κ1) is 20.7. The van der Waals surface area contributed by atoms with E-state index < -0.39 is 0 Å². The molecule has 3 aromatic carbocycles. The van der Waals surface area contributed by atoms with Gasteiger partial charge >= 0.3 is 5.63 Å². The van der Waals surface area contributed by atoms with Crippen LogP contribution in [0.25, 0.3) is 16.7 Å². The number of fused-ring (bicyclic) bond motifs is 1. The van der Waals surface area contributed by atoms with E-state index in [4.69, 9.17) is 4.42 Å². The molecule has 3 nitrogen and oxygen atoms in total. The summed E-state index contributed by atoms with van der Waals surface area (Å²) in [6.07, 6.45) is 2.62. The van der Waals surface area contributed by atoms with Crippen molar-refractivity contribution in [2.24, 2.45) is 0 Å². The molecule has 0 aliphatic rings. The molecule has 3 heteroatoms. The Morgan fingerprint density at radius 2 is 1.65 bits per heavy atom. The monoisotopic (exact) mass is 409 g/mol. The fraction of sp³-hybridized carbons (Fsp3) is 0.179. The van der Waals surface area contributed by atoms with E-state index in [-0.39, 0.29) is 5.63 Å². The van der Waals surface area contributed by atoms with Crippen molar-refractivity contribution in [3.05, 3.63) is 117 Å². The minimum absolute atomic E-state index is 0.277. The fourth-order valence-corrected chi connectivity index (χ4v) is 3.79. The highest BCUT2D eigenvalue weighted by atomic mass is 16.4. The highest BCUT2D eigenvalue weighted by molar-refractivity contribution is 5.85. The predicted molar refractivity (Wildman–Crippen MR) is 130 cm³/mol. The van der Waals surface area contributed by atoms with Gasteiger partial charge < -0.3 is 9.73 Å². The molecule has 1 heterocycles. The Kier molecular flexibility index (Phi) is 5.77. The summed E-state index contributed by atoms with van der Waals surface area (Å²) in [5.41, 5.74) is 8.87. The zero-order chi connectivity index (χ0) is 22.0. The van der Waals surface area contributed by atoms with Crippen molar-refractivity contribution in [2.75, 3.05) is 5.32 Å². The van der Waals surface area contributed by atoms with Gasteiger partial charge in [-0.05, 0) is 74.7 Å². The van der Waals surface area contributed by atoms with Crippen LogP contribution in [-0.2, 0) is 6.42 Å². The Bertz CT molecular complexity index is 1330. The summed E-state index contributed by atoms with van der Waals surface area (Å²) < 4.78 is 5.61. The molecule has 4 aromatic rings. The van der Waals surface area contributed by atoms with Crippen LogP contribution in [0.2, 0.25) is 0 Å². The standard InChI is InChI=1S/C28H27NO2/c1-5-25(29-26-12-8-19(3)14-20(26)4)22-11-13-27-23(16-22)17-24(28(30)31-27)15-21-9-6-18(2)7-10-21/h5-14,16-17,29H,15H2,1-4H3/b25-5-. The van der Waals surface area contributed by atoms with Crippen molar-refractivity contribution in [3.63, 3.8) is 0 Å². The van der Waals surface area contributed by atoms with Crippen molar-refractivity contribution in [3.8, 4) is 0 Å². The van der Waals surface area contributed by atoms with Crippen molar-refractivity contribution >= 4 is 22.4 Å². The number of anilines is 1. The van der Waals surface area contributed by atoms with Crippen LogP contribution in [0.1, 0.15) is 40.3 Å². The highest BCUT2D eigenvalue weighted by Crippen LogP contribution is 2.25. The third kappa shape index (κ3) is 4.61. The first-order chi connectivity index (χ1) is 14.9. The lowest BCUT2D eigenvalue weighted by Gasteiger charge is -2.14. The molecule has 0 aliphatic heterocycles. The average molecular weight is 410 g/mol. The summed E-state index contributed by atoms with van der Waals surface area (Å²) in [6.45, 7) is 8.28. The molecule has 1 N–H and O–H groups in total. The normalized spacial score (nSPS) is 11.7. The molecule has 0 saturated heterocycles. The molecule has 0 amide bonds.